The van der Waals surface area contributed by atoms with Crippen molar-refractivity contribution in [2.45, 2.75) is 26.8 Å². The van der Waals surface area contributed by atoms with Gasteiger partial charge in [-0.05, 0) is 45.0 Å². The molecule has 1 heterocycles. The molecule has 144 valence electrons. The molecule has 6 heteroatoms. The summed E-state index contributed by atoms with van der Waals surface area (Å²) in [6.07, 6.45) is 0. The van der Waals surface area contributed by atoms with Crippen LogP contribution in [-0.4, -0.2) is 29.5 Å². The lowest BCUT2D eigenvalue weighted by Crippen LogP contribution is -2.39. The van der Waals surface area contributed by atoms with Crippen molar-refractivity contribution in [3.8, 4) is 11.5 Å². The summed E-state index contributed by atoms with van der Waals surface area (Å²) < 4.78 is 10.8. The van der Waals surface area contributed by atoms with Crippen molar-refractivity contribution in [3.63, 3.8) is 0 Å². The maximum absolute atomic E-state index is 12.6. The van der Waals surface area contributed by atoms with Gasteiger partial charge in [-0.2, -0.15) is 0 Å². The Labute approximate surface area is 163 Å². The molecule has 1 aromatic heterocycles. The van der Waals surface area contributed by atoms with Crippen LogP contribution in [-0.2, 0) is 9.53 Å². The second kappa shape index (κ2) is 8.52. The number of esters is 1. The van der Waals surface area contributed by atoms with Gasteiger partial charge in [0.2, 0.25) is 5.89 Å². The Morgan fingerprint density at radius 3 is 2.25 bits per heavy atom. The van der Waals surface area contributed by atoms with Gasteiger partial charge in [0.1, 0.15) is 5.76 Å². The van der Waals surface area contributed by atoms with Crippen LogP contribution in [0.2, 0.25) is 0 Å². The molecule has 0 N–H and O–H groups in total. The van der Waals surface area contributed by atoms with Crippen LogP contribution in [0.1, 0.15) is 30.1 Å². The summed E-state index contributed by atoms with van der Waals surface area (Å²) in [5, 5.41) is 0. The lowest BCUT2D eigenvalue weighted by Gasteiger charge is -2.26. The normalized spacial score (nSPS) is 10.7. The van der Waals surface area contributed by atoms with E-state index >= 15 is 0 Å². The number of para-hydroxylation sites is 1. The highest BCUT2D eigenvalue weighted by atomic mass is 16.5. The minimum absolute atomic E-state index is 0.0717. The standard InChI is InChI=1S/C22H22N2O4/c1-15(2)24(18-12-8-5-9-13-18)19(25)14-27-22(26)20-16(3)28-21(23-20)17-10-6-4-7-11-17/h4-13,15H,14H2,1-3H3. The van der Waals surface area contributed by atoms with Gasteiger partial charge in [-0.25, -0.2) is 9.78 Å². The molecule has 3 aromatic rings. The first kappa shape index (κ1) is 19.4. The third-order valence-corrected chi connectivity index (χ3v) is 4.16. The van der Waals surface area contributed by atoms with E-state index in [1.54, 1.807) is 11.8 Å². The highest BCUT2D eigenvalue weighted by Gasteiger charge is 2.23. The van der Waals surface area contributed by atoms with Gasteiger partial charge in [0, 0.05) is 17.3 Å². The number of nitrogens with zero attached hydrogens (tertiary/aromatic N) is 2. The smallest absolute Gasteiger partial charge is 0.361 e. The van der Waals surface area contributed by atoms with Gasteiger partial charge in [0.25, 0.3) is 5.91 Å². The number of aromatic nitrogens is 1. The predicted octanol–water partition coefficient (Wildman–Crippen LogP) is 4.25. The molecule has 0 saturated heterocycles. The molecule has 0 aliphatic rings. The summed E-state index contributed by atoms with van der Waals surface area (Å²) >= 11 is 0. The van der Waals surface area contributed by atoms with Crippen molar-refractivity contribution >= 4 is 17.6 Å². The van der Waals surface area contributed by atoms with Crippen molar-refractivity contribution in [2.75, 3.05) is 11.5 Å². The number of carbonyl (C=O) groups excluding carboxylic acids is 2. The van der Waals surface area contributed by atoms with E-state index in [2.05, 4.69) is 4.98 Å². The van der Waals surface area contributed by atoms with Crippen molar-refractivity contribution in [2.24, 2.45) is 0 Å². The van der Waals surface area contributed by atoms with E-state index in [-0.39, 0.29) is 24.2 Å². The van der Waals surface area contributed by atoms with Crippen LogP contribution in [0.25, 0.3) is 11.5 Å². The minimum atomic E-state index is -0.687. The van der Waals surface area contributed by atoms with Crippen LogP contribution >= 0.6 is 0 Å². The number of benzene rings is 2. The number of aryl methyl sites for hydroxylation is 1. The molecule has 1 amide bonds. The van der Waals surface area contributed by atoms with Crippen molar-refractivity contribution in [3.05, 3.63) is 72.1 Å². The molecule has 0 atom stereocenters. The molecule has 2 aromatic carbocycles. The molecule has 0 unspecified atom stereocenters. The third-order valence-electron chi connectivity index (χ3n) is 4.16. The molecule has 0 radical (unpaired) electrons. The predicted molar refractivity (Wildman–Crippen MR) is 106 cm³/mol. The molecule has 0 saturated carbocycles. The monoisotopic (exact) mass is 378 g/mol. The largest absolute Gasteiger partial charge is 0.451 e. The first-order chi connectivity index (χ1) is 13.5. The molecule has 0 aliphatic heterocycles. The number of rotatable bonds is 6. The van der Waals surface area contributed by atoms with Gasteiger partial charge >= 0.3 is 5.97 Å². The van der Waals surface area contributed by atoms with Gasteiger partial charge < -0.3 is 14.1 Å². The number of hydrogen-bond acceptors (Lipinski definition) is 5. The Morgan fingerprint density at radius 1 is 1.04 bits per heavy atom. The number of ether oxygens (including phenoxy) is 1. The number of carbonyl (C=O) groups is 2. The van der Waals surface area contributed by atoms with Gasteiger partial charge in [-0.15, -0.1) is 0 Å². The SMILES string of the molecule is Cc1oc(-c2ccccc2)nc1C(=O)OCC(=O)N(c1ccccc1)C(C)C. The fourth-order valence-electron chi connectivity index (χ4n) is 2.87. The Balaban J connectivity index is 1.70. The van der Waals surface area contributed by atoms with Crippen LogP contribution in [0.15, 0.2) is 65.1 Å². The molecule has 6 nitrogen and oxygen atoms in total. The molecule has 0 spiro atoms. The lowest BCUT2D eigenvalue weighted by molar-refractivity contribution is -0.122. The summed E-state index contributed by atoms with van der Waals surface area (Å²) in [6.45, 7) is 5.07. The van der Waals surface area contributed by atoms with E-state index in [4.69, 9.17) is 9.15 Å². The van der Waals surface area contributed by atoms with Crippen LogP contribution < -0.4 is 4.90 Å². The molecular weight excluding hydrogens is 356 g/mol. The summed E-state index contributed by atoms with van der Waals surface area (Å²) in [6, 6.07) is 18.5. The molecule has 0 fully saturated rings. The Kier molecular flexibility index (Phi) is 5.89. The van der Waals surface area contributed by atoms with Crippen LogP contribution in [0.5, 0.6) is 0 Å². The first-order valence-corrected chi connectivity index (χ1v) is 9.04. The highest BCUT2D eigenvalue weighted by molar-refractivity contribution is 5.97. The third kappa shape index (κ3) is 4.28. The van der Waals surface area contributed by atoms with E-state index in [1.165, 1.54) is 0 Å². The van der Waals surface area contributed by atoms with Gasteiger partial charge in [0.05, 0.1) is 0 Å². The van der Waals surface area contributed by atoms with Crippen molar-refractivity contribution in [1.29, 1.82) is 0 Å². The van der Waals surface area contributed by atoms with Crippen molar-refractivity contribution in [1.82, 2.24) is 4.98 Å². The highest BCUT2D eigenvalue weighted by Crippen LogP contribution is 2.22. The van der Waals surface area contributed by atoms with Crippen LogP contribution in [0, 0.1) is 6.92 Å². The summed E-state index contributed by atoms with van der Waals surface area (Å²) in [5.41, 5.74) is 1.58. The van der Waals surface area contributed by atoms with Crippen LogP contribution in [0.3, 0.4) is 0 Å². The topological polar surface area (TPSA) is 72.6 Å². The van der Waals surface area contributed by atoms with Gasteiger partial charge in [-0.3, -0.25) is 4.79 Å². The number of amides is 1. The zero-order valence-electron chi connectivity index (χ0n) is 16.1. The van der Waals surface area contributed by atoms with Gasteiger partial charge in [-0.1, -0.05) is 36.4 Å². The maximum Gasteiger partial charge on any atom is 0.361 e. The van der Waals surface area contributed by atoms with E-state index < -0.39 is 5.97 Å². The molecule has 3 rings (SSSR count). The van der Waals surface area contributed by atoms with Crippen LogP contribution in [0.4, 0.5) is 5.69 Å². The molecule has 0 bridgehead atoms. The summed E-state index contributed by atoms with van der Waals surface area (Å²) in [7, 11) is 0. The molecular formula is C22H22N2O4. The van der Waals surface area contributed by atoms with E-state index in [1.807, 2.05) is 74.5 Å². The Morgan fingerprint density at radius 2 is 1.64 bits per heavy atom. The lowest BCUT2D eigenvalue weighted by atomic mass is 10.2. The first-order valence-electron chi connectivity index (χ1n) is 9.04. The second-order valence-corrected chi connectivity index (χ2v) is 6.56. The quantitative estimate of drug-likeness (QED) is 0.600. The molecule has 0 aliphatic carbocycles. The van der Waals surface area contributed by atoms with E-state index in [9.17, 15) is 9.59 Å². The Bertz CT molecular complexity index is 949. The fourth-order valence-corrected chi connectivity index (χ4v) is 2.87. The average Bonchev–Trinajstić information content (AvgIpc) is 3.09. The van der Waals surface area contributed by atoms with Gasteiger partial charge in [0.15, 0.2) is 12.3 Å². The molecule has 28 heavy (non-hydrogen) atoms. The average molecular weight is 378 g/mol. The number of hydrogen-bond donors (Lipinski definition) is 0. The Hall–Kier alpha value is -3.41. The second-order valence-electron chi connectivity index (χ2n) is 6.56. The zero-order valence-corrected chi connectivity index (χ0v) is 16.1. The summed E-state index contributed by atoms with van der Waals surface area (Å²) in [5.74, 6) is -0.308. The number of oxazole rings is 1. The maximum atomic E-state index is 12.6. The van der Waals surface area contributed by atoms with E-state index in [0.717, 1.165) is 11.3 Å². The minimum Gasteiger partial charge on any atom is -0.451 e. The summed E-state index contributed by atoms with van der Waals surface area (Å²) in [4.78, 5) is 30.9. The number of anilines is 1. The fraction of sp³-hybridized carbons (Fsp3) is 0.227. The van der Waals surface area contributed by atoms with Crippen molar-refractivity contribution < 1.29 is 18.7 Å². The van der Waals surface area contributed by atoms with E-state index in [0.29, 0.717) is 11.7 Å². The zero-order chi connectivity index (χ0) is 20.1.